The van der Waals surface area contributed by atoms with E-state index in [-0.39, 0.29) is 0 Å². The number of hydrogen-bond donors (Lipinski definition) is 1. The van der Waals surface area contributed by atoms with Crippen LogP contribution in [-0.4, -0.2) is 9.08 Å². The van der Waals surface area contributed by atoms with Crippen molar-refractivity contribution in [1.82, 2.24) is 9.08 Å². The summed E-state index contributed by atoms with van der Waals surface area (Å²) in [7, 11) is 0. The molecular weight excluding hydrogens is 378 g/mol. The number of benzene rings is 5. The minimum atomic E-state index is 1.07. The summed E-state index contributed by atoms with van der Waals surface area (Å²) < 4.78 is 4.30. The summed E-state index contributed by atoms with van der Waals surface area (Å²) >= 11 is 0. The van der Waals surface area contributed by atoms with Crippen LogP contribution in [0.1, 0.15) is 0 Å². The fraction of sp³-hybridized carbons (Fsp3) is 0. The van der Waals surface area contributed by atoms with Crippen LogP contribution >= 0.6 is 0 Å². The molecule has 2 N–H and O–H groups in total. The number of nitrogens with zero attached hydrogens (tertiary/aromatic N) is 2. The summed E-state index contributed by atoms with van der Waals surface area (Å²) in [6.45, 7) is 0. The van der Waals surface area contributed by atoms with Gasteiger partial charge in [-0.2, -0.15) is 0 Å². The van der Waals surface area contributed by atoms with Crippen LogP contribution in [0.4, 0.5) is 0 Å². The fourth-order valence-electron chi connectivity index (χ4n) is 5.73. The molecule has 0 amide bonds. The van der Waals surface area contributed by atoms with Crippen LogP contribution in [0, 0.1) is 0 Å². The third-order valence-corrected chi connectivity index (χ3v) is 7.02. The highest BCUT2D eigenvalue weighted by atomic mass is 15.3. The summed E-state index contributed by atoms with van der Waals surface area (Å²) in [6, 6.07) is 32.9. The van der Waals surface area contributed by atoms with Crippen molar-refractivity contribution in [3.05, 3.63) is 91.0 Å². The SMILES string of the molecule is Nn1c2cccc3c4cc5ccccc5cc4n4c5ccccc5c5ccc1c(c32)c54. The van der Waals surface area contributed by atoms with Gasteiger partial charge in [0.15, 0.2) is 0 Å². The molecule has 144 valence electrons. The Labute approximate surface area is 176 Å². The molecule has 3 heteroatoms. The van der Waals surface area contributed by atoms with Gasteiger partial charge in [0.25, 0.3) is 0 Å². The van der Waals surface area contributed by atoms with Crippen molar-refractivity contribution in [2.75, 3.05) is 5.84 Å². The quantitative estimate of drug-likeness (QED) is 0.281. The zero-order valence-corrected chi connectivity index (χ0v) is 16.6. The van der Waals surface area contributed by atoms with E-state index in [0.29, 0.717) is 0 Å². The lowest BCUT2D eigenvalue weighted by Gasteiger charge is -2.06. The number of nitrogen functional groups attached to an aromatic ring is 1. The average molecular weight is 395 g/mol. The van der Waals surface area contributed by atoms with Gasteiger partial charge in [-0.15, -0.1) is 0 Å². The van der Waals surface area contributed by atoms with Crippen LogP contribution in [0.25, 0.3) is 70.7 Å². The molecule has 0 aliphatic rings. The smallest absolute Gasteiger partial charge is 0.0725 e. The number of rotatable bonds is 0. The molecule has 31 heavy (non-hydrogen) atoms. The molecule has 0 fully saturated rings. The molecule has 0 aliphatic heterocycles. The van der Waals surface area contributed by atoms with Crippen molar-refractivity contribution in [3.8, 4) is 0 Å². The second-order valence-electron chi connectivity index (χ2n) is 8.49. The predicted octanol–water partition coefficient (Wildman–Crippen LogP) is 6.81. The van der Waals surface area contributed by atoms with Gasteiger partial charge in [0.2, 0.25) is 0 Å². The van der Waals surface area contributed by atoms with Gasteiger partial charge in [-0.25, -0.2) is 0 Å². The lowest BCUT2D eigenvalue weighted by Crippen LogP contribution is -2.06. The maximum Gasteiger partial charge on any atom is 0.0725 e. The van der Waals surface area contributed by atoms with Crippen molar-refractivity contribution in [2.24, 2.45) is 0 Å². The molecule has 8 rings (SSSR count). The van der Waals surface area contributed by atoms with Gasteiger partial charge in [-0.05, 0) is 46.5 Å². The molecule has 5 aromatic carbocycles. The minimum Gasteiger partial charge on any atom is -0.339 e. The molecule has 3 nitrogen and oxygen atoms in total. The van der Waals surface area contributed by atoms with Gasteiger partial charge in [0.1, 0.15) is 0 Å². The van der Waals surface area contributed by atoms with Gasteiger partial charge in [0.05, 0.1) is 27.6 Å². The predicted molar refractivity (Wildman–Crippen MR) is 132 cm³/mol. The Balaban J connectivity index is 1.90. The molecule has 0 radical (unpaired) electrons. The third-order valence-electron chi connectivity index (χ3n) is 7.02. The first-order chi connectivity index (χ1) is 15.3. The molecule has 0 saturated heterocycles. The molecule has 3 aromatic heterocycles. The summed E-state index contributed by atoms with van der Waals surface area (Å²) in [5.41, 5.74) is 5.83. The number of nitrogens with two attached hydrogens (primary N) is 1. The first-order valence-corrected chi connectivity index (χ1v) is 10.6. The zero-order chi connectivity index (χ0) is 20.3. The normalized spacial score (nSPS) is 12.6. The van der Waals surface area contributed by atoms with Crippen molar-refractivity contribution in [3.63, 3.8) is 0 Å². The van der Waals surface area contributed by atoms with Gasteiger partial charge in [-0.1, -0.05) is 60.7 Å². The van der Waals surface area contributed by atoms with E-state index in [9.17, 15) is 0 Å². The molecule has 0 saturated carbocycles. The number of fused-ring (bicyclic) bond motifs is 7. The summed E-state index contributed by atoms with van der Waals surface area (Å²) in [6.07, 6.45) is 0. The first-order valence-electron chi connectivity index (χ1n) is 10.6. The van der Waals surface area contributed by atoms with E-state index >= 15 is 0 Å². The lowest BCUT2D eigenvalue weighted by molar-refractivity contribution is 1.12. The standard InChI is InChI=1S/C28H17N3/c29-31-23-11-5-9-19-21-14-16-6-1-2-7-17(16)15-25(21)30-22-10-4-3-8-18(22)20-12-13-24(31)27(26(19)23)28(20)30/h1-15H,29H2. The highest BCUT2D eigenvalue weighted by Crippen LogP contribution is 2.44. The van der Waals surface area contributed by atoms with Crippen LogP contribution in [0.3, 0.4) is 0 Å². The molecule has 3 heterocycles. The molecular formula is C28H17N3. The van der Waals surface area contributed by atoms with E-state index in [1.807, 2.05) is 4.68 Å². The topological polar surface area (TPSA) is 35.4 Å². The van der Waals surface area contributed by atoms with Gasteiger partial charge >= 0.3 is 0 Å². The Kier molecular flexibility index (Phi) is 2.55. The van der Waals surface area contributed by atoms with Crippen LogP contribution < -0.4 is 5.84 Å². The number of aromatic nitrogens is 2. The number of para-hydroxylation sites is 1. The van der Waals surface area contributed by atoms with Crippen molar-refractivity contribution in [1.29, 1.82) is 0 Å². The van der Waals surface area contributed by atoms with E-state index < -0.39 is 0 Å². The van der Waals surface area contributed by atoms with Gasteiger partial charge < -0.3 is 10.2 Å². The maximum absolute atomic E-state index is 6.62. The zero-order valence-electron chi connectivity index (χ0n) is 16.6. The molecule has 0 spiro atoms. The Hall–Kier alpha value is -4.24. The van der Waals surface area contributed by atoms with E-state index in [2.05, 4.69) is 95.4 Å². The molecule has 0 aliphatic carbocycles. The largest absolute Gasteiger partial charge is 0.339 e. The summed E-state index contributed by atoms with van der Waals surface area (Å²) in [5.74, 6) is 6.62. The monoisotopic (exact) mass is 395 g/mol. The molecule has 0 bridgehead atoms. The molecule has 0 atom stereocenters. The maximum atomic E-state index is 6.62. The van der Waals surface area contributed by atoms with Crippen LogP contribution in [-0.2, 0) is 0 Å². The highest BCUT2D eigenvalue weighted by molar-refractivity contribution is 6.33. The lowest BCUT2D eigenvalue weighted by atomic mass is 10.0. The van der Waals surface area contributed by atoms with E-state index in [4.69, 9.17) is 5.84 Å². The minimum absolute atomic E-state index is 1.07. The van der Waals surface area contributed by atoms with Crippen molar-refractivity contribution >= 4 is 70.7 Å². The second kappa shape index (κ2) is 5.08. The summed E-state index contributed by atoms with van der Waals surface area (Å²) in [4.78, 5) is 0. The molecule has 0 unspecified atom stereocenters. The molecule has 8 aromatic rings. The Morgan fingerprint density at radius 3 is 2.10 bits per heavy atom. The Bertz CT molecular complexity index is 2000. The average Bonchev–Trinajstić information content (AvgIpc) is 3.26. The van der Waals surface area contributed by atoms with Gasteiger partial charge in [-0.3, -0.25) is 4.68 Å². The second-order valence-corrected chi connectivity index (χ2v) is 8.49. The number of hydrogen-bond acceptors (Lipinski definition) is 1. The van der Waals surface area contributed by atoms with E-state index in [1.165, 1.54) is 59.6 Å². The van der Waals surface area contributed by atoms with Crippen LogP contribution in [0.5, 0.6) is 0 Å². The van der Waals surface area contributed by atoms with Crippen LogP contribution in [0.15, 0.2) is 91.0 Å². The van der Waals surface area contributed by atoms with E-state index in [0.717, 1.165) is 11.0 Å². The van der Waals surface area contributed by atoms with Crippen molar-refractivity contribution in [2.45, 2.75) is 0 Å². The van der Waals surface area contributed by atoms with Crippen molar-refractivity contribution < 1.29 is 0 Å². The van der Waals surface area contributed by atoms with Crippen LogP contribution in [0.2, 0.25) is 0 Å². The highest BCUT2D eigenvalue weighted by Gasteiger charge is 2.21. The Morgan fingerprint density at radius 2 is 1.19 bits per heavy atom. The first kappa shape index (κ1) is 15.6. The van der Waals surface area contributed by atoms with E-state index in [1.54, 1.807) is 0 Å². The summed E-state index contributed by atoms with van der Waals surface area (Å²) in [5, 5.41) is 10.0. The van der Waals surface area contributed by atoms with Gasteiger partial charge in [0, 0.05) is 26.9 Å². The third kappa shape index (κ3) is 1.69. The Morgan fingerprint density at radius 1 is 0.484 bits per heavy atom. The fourth-order valence-corrected chi connectivity index (χ4v) is 5.73.